The molecule has 1 aromatic carbocycles. The highest BCUT2D eigenvalue weighted by molar-refractivity contribution is 5.89. The highest BCUT2D eigenvalue weighted by Crippen LogP contribution is 2.28. The Morgan fingerprint density at radius 1 is 1.00 bits per heavy atom. The van der Waals surface area contributed by atoms with Crippen molar-refractivity contribution in [1.82, 2.24) is 14.9 Å². The lowest BCUT2D eigenvalue weighted by atomic mass is 9.95. The number of piperidine rings is 1. The summed E-state index contributed by atoms with van der Waals surface area (Å²) in [7, 11) is 0. The summed E-state index contributed by atoms with van der Waals surface area (Å²) in [5.41, 5.74) is 0.979. The van der Waals surface area contributed by atoms with Crippen molar-refractivity contribution < 1.29 is 4.79 Å². The molecular weight excluding hydrogens is 288 g/mol. The second-order valence-corrected chi connectivity index (χ2v) is 6.51. The lowest BCUT2D eigenvalue weighted by Gasteiger charge is -2.34. The van der Waals surface area contributed by atoms with E-state index in [1.807, 2.05) is 18.2 Å². The Morgan fingerprint density at radius 2 is 1.74 bits per heavy atom. The van der Waals surface area contributed by atoms with E-state index in [0.29, 0.717) is 5.91 Å². The molecule has 5 nitrogen and oxygen atoms in total. The van der Waals surface area contributed by atoms with Gasteiger partial charge in [-0.05, 0) is 37.8 Å². The van der Waals surface area contributed by atoms with Crippen LogP contribution in [0.4, 0.5) is 5.82 Å². The second kappa shape index (κ2) is 6.14. The maximum atomic E-state index is 12.5. The van der Waals surface area contributed by atoms with Crippen molar-refractivity contribution in [2.75, 3.05) is 31.1 Å². The van der Waals surface area contributed by atoms with Crippen LogP contribution in [0.2, 0.25) is 0 Å². The molecule has 2 aromatic rings. The Kier molecular flexibility index (Phi) is 3.85. The first-order valence-electron chi connectivity index (χ1n) is 8.56. The van der Waals surface area contributed by atoms with E-state index in [1.165, 1.54) is 0 Å². The molecule has 23 heavy (non-hydrogen) atoms. The largest absolute Gasteiger partial charge is 0.356 e. The molecule has 0 spiro atoms. The third-order valence-electron chi connectivity index (χ3n) is 5.08. The van der Waals surface area contributed by atoms with Crippen LogP contribution in [0.3, 0.4) is 0 Å². The van der Waals surface area contributed by atoms with Gasteiger partial charge in [0.05, 0.1) is 5.52 Å². The van der Waals surface area contributed by atoms with Crippen LogP contribution < -0.4 is 4.90 Å². The van der Waals surface area contributed by atoms with Crippen molar-refractivity contribution in [1.29, 1.82) is 0 Å². The zero-order valence-corrected chi connectivity index (χ0v) is 13.3. The van der Waals surface area contributed by atoms with Gasteiger partial charge in [-0.1, -0.05) is 12.1 Å². The molecule has 0 saturated carbocycles. The number of fused-ring (bicyclic) bond motifs is 1. The minimum Gasteiger partial charge on any atom is -0.356 e. The lowest BCUT2D eigenvalue weighted by molar-refractivity contribution is -0.135. The first-order chi connectivity index (χ1) is 11.3. The molecule has 0 N–H and O–H groups in total. The van der Waals surface area contributed by atoms with Crippen LogP contribution in [0.5, 0.6) is 0 Å². The van der Waals surface area contributed by atoms with Crippen molar-refractivity contribution in [3.05, 3.63) is 30.6 Å². The topological polar surface area (TPSA) is 49.3 Å². The Labute approximate surface area is 136 Å². The molecule has 120 valence electrons. The molecule has 2 aliphatic rings. The quantitative estimate of drug-likeness (QED) is 0.855. The fourth-order valence-electron chi connectivity index (χ4n) is 3.78. The van der Waals surface area contributed by atoms with Crippen molar-refractivity contribution in [2.24, 2.45) is 5.92 Å². The van der Waals surface area contributed by atoms with E-state index in [9.17, 15) is 4.79 Å². The molecule has 0 aliphatic carbocycles. The van der Waals surface area contributed by atoms with Gasteiger partial charge in [0, 0.05) is 37.5 Å². The number of benzene rings is 1. The van der Waals surface area contributed by atoms with Gasteiger partial charge in [0.25, 0.3) is 0 Å². The Hall–Kier alpha value is -2.17. The molecule has 2 fully saturated rings. The van der Waals surface area contributed by atoms with E-state index in [0.717, 1.165) is 68.6 Å². The van der Waals surface area contributed by atoms with Gasteiger partial charge in [-0.25, -0.2) is 9.97 Å². The average Bonchev–Trinajstić information content (AvgIpc) is 3.15. The van der Waals surface area contributed by atoms with E-state index in [1.54, 1.807) is 6.33 Å². The van der Waals surface area contributed by atoms with E-state index < -0.39 is 0 Å². The molecule has 4 rings (SSSR count). The predicted molar refractivity (Wildman–Crippen MR) is 90.3 cm³/mol. The number of amides is 1. The summed E-state index contributed by atoms with van der Waals surface area (Å²) in [4.78, 5) is 25.7. The molecule has 2 saturated heterocycles. The predicted octanol–water partition coefficient (Wildman–Crippen LogP) is 2.47. The van der Waals surface area contributed by atoms with Crippen LogP contribution in [0.25, 0.3) is 10.9 Å². The van der Waals surface area contributed by atoms with Crippen molar-refractivity contribution >= 4 is 22.6 Å². The molecule has 5 heteroatoms. The third kappa shape index (κ3) is 2.76. The summed E-state index contributed by atoms with van der Waals surface area (Å²) in [6, 6.07) is 8.12. The number of carbonyl (C=O) groups is 1. The SMILES string of the molecule is O=C(C1CCN(c2ncnc3ccccc23)CC1)N1CCCC1. The minimum atomic E-state index is 0.192. The van der Waals surface area contributed by atoms with Crippen LogP contribution >= 0.6 is 0 Å². The van der Waals surface area contributed by atoms with E-state index >= 15 is 0 Å². The highest BCUT2D eigenvalue weighted by Gasteiger charge is 2.30. The number of rotatable bonds is 2. The molecule has 0 bridgehead atoms. The molecule has 0 atom stereocenters. The van der Waals surface area contributed by atoms with E-state index in [-0.39, 0.29) is 5.92 Å². The van der Waals surface area contributed by atoms with Gasteiger partial charge in [0.15, 0.2) is 0 Å². The van der Waals surface area contributed by atoms with Crippen molar-refractivity contribution in [2.45, 2.75) is 25.7 Å². The van der Waals surface area contributed by atoms with Crippen molar-refractivity contribution in [3.8, 4) is 0 Å². The maximum Gasteiger partial charge on any atom is 0.225 e. The number of hydrogen-bond acceptors (Lipinski definition) is 4. The van der Waals surface area contributed by atoms with Gasteiger partial charge in [-0.2, -0.15) is 0 Å². The van der Waals surface area contributed by atoms with Crippen LogP contribution in [-0.4, -0.2) is 47.0 Å². The summed E-state index contributed by atoms with van der Waals surface area (Å²) >= 11 is 0. The summed E-state index contributed by atoms with van der Waals surface area (Å²) in [6.45, 7) is 3.70. The van der Waals surface area contributed by atoms with E-state index in [4.69, 9.17) is 0 Å². The van der Waals surface area contributed by atoms with Crippen LogP contribution in [0.1, 0.15) is 25.7 Å². The molecular formula is C18H22N4O. The van der Waals surface area contributed by atoms with Crippen LogP contribution in [0.15, 0.2) is 30.6 Å². The van der Waals surface area contributed by atoms with Crippen LogP contribution in [0, 0.1) is 5.92 Å². The normalized spacial score (nSPS) is 19.5. The summed E-state index contributed by atoms with van der Waals surface area (Å²) in [6.07, 6.45) is 5.81. The van der Waals surface area contributed by atoms with Gasteiger partial charge in [0.2, 0.25) is 5.91 Å². The number of aromatic nitrogens is 2. The van der Waals surface area contributed by atoms with Gasteiger partial charge >= 0.3 is 0 Å². The summed E-state index contributed by atoms with van der Waals surface area (Å²) in [5.74, 6) is 1.56. The van der Waals surface area contributed by atoms with Crippen molar-refractivity contribution in [3.63, 3.8) is 0 Å². The summed E-state index contributed by atoms with van der Waals surface area (Å²) in [5, 5.41) is 1.10. The monoisotopic (exact) mass is 310 g/mol. The number of anilines is 1. The molecule has 2 aliphatic heterocycles. The second-order valence-electron chi connectivity index (χ2n) is 6.51. The Bertz CT molecular complexity index is 698. The number of para-hydroxylation sites is 1. The first kappa shape index (κ1) is 14.4. The van der Waals surface area contributed by atoms with Gasteiger partial charge in [-0.15, -0.1) is 0 Å². The molecule has 1 aromatic heterocycles. The smallest absolute Gasteiger partial charge is 0.225 e. The minimum absolute atomic E-state index is 0.192. The van der Waals surface area contributed by atoms with Crippen LogP contribution in [-0.2, 0) is 4.79 Å². The zero-order valence-electron chi connectivity index (χ0n) is 13.3. The maximum absolute atomic E-state index is 12.5. The highest BCUT2D eigenvalue weighted by atomic mass is 16.2. The third-order valence-corrected chi connectivity index (χ3v) is 5.08. The zero-order chi connectivity index (χ0) is 15.6. The first-order valence-corrected chi connectivity index (χ1v) is 8.56. The summed E-state index contributed by atoms with van der Waals surface area (Å²) < 4.78 is 0. The fraction of sp³-hybridized carbons (Fsp3) is 0.500. The average molecular weight is 310 g/mol. The Balaban J connectivity index is 1.47. The number of hydrogen-bond donors (Lipinski definition) is 0. The molecule has 0 radical (unpaired) electrons. The molecule has 0 unspecified atom stereocenters. The number of nitrogens with zero attached hydrogens (tertiary/aromatic N) is 4. The lowest BCUT2D eigenvalue weighted by Crippen LogP contribution is -2.42. The molecule has 3 heterocycles. The van der Waals surface area contributed by atoms with Gasteiger partial charge < -0.3 is 9.80 Å². The molecule has 1 amide bonds. The van der Waals surface area contributed by atoms with Gasteiger partial charge in [0.1, 0.15) is 12.1 Å². The van der Waals surface area contributed by atoms with E-state index in [2.05, 4.69) is 25.8 Å². The number of carbonyl (C=O) groups excluding carboxylic acids is 1. The van der Waals surface area contributed by atoms with Gasteiger partial charge in [-0.3, -0.25) is 4.79 Å². The fourth-order valence-corrected chi connectivity index (χ4v) is 3.78. The number of likely N-dealkylation sites (tertiary alicyclic amines) is 1. The Morgan fingerprint density at radius 3 is 2.52 bits per heavy atom. The standard InChI is InChI=1S/C18H22N4O/c23-18(22-9-3-4-10-22)14-7-11-21(12-8-14)17-15-5-1-2-6-16(15)19-13-20-17/h1-2,5-6,13-14H,3-4,7-12H2.